The lowest BCUT2D eigenvalue weighted by Crippen LogP contribution is -2.35. The summed E-state index contributed by atoms with van der Waals surface area (Å²) < 4.78 is 27.8. The van der Waals surface area contributed by atoms with Crippen molar-refractivity contribution in [2.45, 2.75) is 13.5 Å². The summed E-state index contributed by atoms with van der Waals surface area (Å²) in [5, 5.41) is 0.401. The second-order valence-corrected chi connectivity index (χ2v) is 7.12. The van der Waals surface area contributed by atoms with Gasteiger partial charge in [0.1, 0.15) is 5.15 Å². The van der Waals surface area contributed by atoms with E-state index >= 15 is 0 Å². The van der Waals surface area contributed by atoms with E-state index in [4.69, 9.17) is 11.6 Å². The van der Waals surface area contributed by atoms with Gasteiger partial charge in [0, 0.05) is 12.7 Å². The Bertz CT molecular complexity index is 808. The predicted molar refractivity (Wildman–Crippen MR) is 83.9 cm³/mol. The van der Waals surface area contributed by atoms with E-state index in [9.17, 15) is 8.42 Å². The second kappa shape index (κ2) is 4.89. The van der Waals surface area contributed by atoms with Gasteiger partial charge < -0.3 is 0 Å². The molecule has 1 aromatic heterocycles. The molecule has 0 unspecified atom stereocenters. The molecule has 0 bridgehead atoms. The lowest BCUT2D eigenvalue weighted by Gasteiger charge is -2.20. The summed E-state index contributed by atoms with van der Waals surface area (Å²) in [5.74, 6) is 0. The average molecular weight is 324 g/mol. The predicted octanol–water partition coefficient (Wildman–Crippen LogP) is 2.74. The maximum Gasteiger partial charge on any atom is 0.326 e. The van der Waals surface area contributed by atoms with Crippen LogP contribution in [-0.4, -0.2) is 20.4 Å². The highest BCUT2D eigenvalue weighted by atomic mass is 35.5. The van der Waals surface area contributed by atoms with Crippen molar-refractivity contribution in [3.8, 4) is 0 Å². The minimum absolute atomic E-state index is 0.236. The quantitative estimate of drug-likeness (QED) is 0.798. The SMILES string of the molecule is Cc1nc(Cl)ccc1CN1c2ccccc2N(C)S1(=O)=O. The van der Waals surface area contributed by atoms with Gasteiger partial charge in [0.2, 0.25) is 0 Å². The Morgan fingerprint density at radius 2 is 1.81 bits per heavy atom. The van der Waals surface area contributed by atoms with Crippen LogP contribution in [0.15, 0.2) is 36.4 Å². The molecular weight excluding hydrogens is 310 g/mol. The first kappa shape index (κ1) is 14.2. The van der Waals surface area contributed by atoms with Gasteiger partial charge in [0.25, 0.3) is 0 Å². The summed E-state index contributed by atoms with van der Waals surface area (Å²) in [6.45, 7) is 2.05. The number of rotatable bonds is 2. The molecule has 0 N–H and O–H groups in total. The number of aromatic nitrogens is 1. The lowest BCUT2D eigenvalue weighted by atomic mass is 10.2. The minimum Gasteiger partial charge on any atom is -0.254 e. The number of benzene rings is 1. The summed E-state index contributed by atoms with van der Waals surface area (Å²) in [4.78, 5) is 4.17. The fourth-order valence-electron chi connectivity index (χ4n) is 2.39. The highest BCUT2D eigenvalue weighted by Crippen LogP contribution is 2.40. The molecule has 0 atom stereocenters. The van der Waals surface area contributed by atoms with Crippen LogP contribution in [0.2, 0.25) is 5.15 Å². The Kier molecular flexibility index (Phi) is 3.30. The number of fused-ring (bicyclic) bond motifs is 1. The van der Waals surface area contributed by atoms with Gasteiger partial charge in [-0.15, -0.1) is 0 Å². The first-order valence-corrected chi connectivity index (χ1v) is 8.16. The number of hydrogen-bond acceptors (Lipinski definition) is 3. The van der Waals surface area contributed by atoms with E-state index in [1.54, 1.807) is 31.3 Å². The van der Waals surface area contributed by atoms with Crippen molar-refractivity contribution in [2.24, 2.45) is 0 Å². The van der Waals surface area contributed by atoms with E-state index < -0.39 is 10.2 Å². The summed E-state index contributed by atoms with van der Waals surface area (Å²) in [6.07, 6.45) is 0. The van der Waals surface area contributed by atoms with E-state index in [2.05, 4.69) is 4.98 Å². The van der Waals surface area contributed by atoms with Crippen LogP contribution >= 0.6 is 11.6 Å². The Labute approximate surface area is 129 Å². The van der Waals surface area contributed by atoms with Crippen molar-refractivity contribution in [1.82, 2.24) is 4.98 Å². The van der Waals surface area contributed by atoms with Crippen molar-refractivity contribution >= 4 is 33.2 Å². The molecule has 2 aromatic rings. The van der Waals surface area contributed by atoms with Crippen molar-refractivity contribution in [3.05, 3.63) is 52.8 Å². The Balaban J connectivity index is 2.06. The number of nitrogens with zero attached hydrogens (tertiary/aromatic N) is 3. The fourth-order valence-corrected chi connectivity index (χ4v) is 3.98. The van der Waals surface area contributed by atoms with Crippen LogP contribution in [0.5, 0.6) is 0 Å². The first-order chi connectivity index (χ1) is 9.91. The van der Waals surface area contributed by atoms with Crippen molar-refractivity contribution in [3.63, 3.8) is 0 Å². The molecule has 5 nitrogen and oxygen atoms in total. The van der Waals surface area contributed by atoms with Crippen LogP contribution in [-0.2, 0) is 16.8 Å². The van der Waals surface area contributed by atoms with Gasteiger partial charge in [-0.1, -0.05) is 29.8 Å². The molecule has 0 spiro atoms. The zero-order valence-electron chi connectivity index (χ0n) is 11.6. The van der Waals surface area contributed by atoms with E-state index in [1.165, 1.54) is 8.61 Å². The molecular formula is C14H14ClN3O2S. The molecule has 3 rings (SSSR count). The average Bonchev–Trinajstić information content (AvgIpc) is 2.63. The zero-order valence-corrected chi connectivity index (χ0v) is 13.2. The number of halogens is 1. The molecule has 0 fully saturated rings. The Morgan fingerprint density at radius 1 is 1.14 bits per heavy atom. The van der Waals surface area contributed by atoms with Crippen LogP contribution in [0.1, 0.15) is 11.3 Å². The van der Waals surface area contributed by atoms with Crippen LogP contribution in [0, 0.1) is 6.92 Å². The van der Waals surface area contributed by atoms with Crippen molar-refractivity contribution < 1.29 is 8.42 Å². The normalized spacial score (nSPS) is 16.1. The van der Waals surface area contributed by atoms with Gasteiger partial charge in [0.15, 0.2) is 0 Å². The van der Waals surface area contributed by atoms with Gasteiger partial charge in [-0.05, 0) is 30.7 Å². The topological polar surface area (TPSA) is 53.5 Å². The van der Waals surface area contributed by atoms with Gasteiger partial charge in [-0.3, -0.25) is 4.31 Å². The Morgan fingerprint density at radius 3 is 2.48 bits per heavy atom. The summed E-state index contributed by atoms with van der Waals surface area (Å²) in [6, 6.07) is 10.7. The van der Waals surface area contributed by atoms with Gasteiger partial charge in [-0.25, -0.2) is 9.29 Å². The highest BCUT2D eigenvalue weighted by molar-refractivity contribution is 7.94. The molecule has 2 heterocycles. The third-order valence-corrected chi connectivity index (χ3v) is 5.57. The van der Waals surface area contributed by atoms with Crippen LogP contribution < -0.4 is 8.61 Å². The standard InChI is InChI=1S/C14H14ClN3O2S/c1-10-11(7-8-14(15)16-10)9-18-13-6-4-3-5-12(13)17(2)21(18,19)20/h3-8H,9H2,1-2H3. The molecule has 1 aliphatic heterocycles. The van der Waals surface area contributed by atoms with Crippen LogP contribution in [0.25, 0.3) is 0 Å². The van der Waals surface area contributed by atoms with Crippen LogP contribution in [0.3, 0.4) is 0 Å². The van der Waals surface area contributed by atoms with Gasteiger partial charge in [0.05, 0.1) is 17.9 Å². The molecule has 7 heteroatoms. The number of pyridine rings is 1. The fraction of sp³-hybridized carbons (Fsp3) is 0.214. The number of para-hydroxylation sites is 2. The van der Waals surface area contributed by atoms with Crippen molar-refractivity contribution in [1.29, 1.82) is 0 Å². The largest absolute Gasteiger partial charge is 0.326 e. The number of hydrogen-bond donors (Lipinski definition) is 0. The molecule has 1 aliphatic rings. The molecule has 0 amide bonds. The third-order valence-electron chi connectivity index (χ3n) is 3.59. The van der Waals surface area contributed by atoms with E-state index in [0.717, 1.165) is 11.3 Å². The van der Waals surface area contributed by atoms with Crippen LogP contribution in [0.4, 0.5) is 11.4 Å². The molecule has 0 saturated carbocycles. The number of aryl methyl sites for hydroxylation is 1. The van der Waals surface area contributed by atoms with E-state index in [0.29, 0.717) is 16.5 Å². The number of anilines is 2. The van der Waals surface area contributed by atoms with E-state index in [1.807, 2.05) is 19.1 Å². The van der Waals surface area contributed by atoms with Gasteiger partial charge in [-0.2, -0.15) is 8.42 Å². The molecule has 21 heavy (non-hydrogen) atoms. The molecule has 0 radical (unpaired) electrons. The molecule has 110 valence electrons. The first-order valence-electron chi connectivity index (χ1n) is 6.39. The lowest BCUT2D eigenvalue weighted by molar-refractivity contribution is 0.591. The zero-order chi connectivity index (χ0) is 15.2. The molecule has 1 aromatic carbocycles. The second-order valence-electron chi connectivity index (χ2n) is 4.85. The highest BCUT2D eigenvalue weighted by Gasteiger charge is 2.37. The van der Waals surface area contributed by atoms with Gasteiger partial charge >= 0.3 is 10.2 Å². The van der Waals surface area contributed by atoms with Crippen molar-refractivity contribution in [2.75, 3.05) is 15.7 Å². The summed E-state index contributed by atoms with van der Waals surface area (Å²) in [5.41, 5.74) is 2.91. The Hall–Kier alpha value is -1.79. The smallest absolute Gasteiger partial charge is 0.254 e. The monoisotopic (exact) mass is 323 g/mol. The molecule has 0 aliphatic carbocycles. The maximum absolute atomic E-state index is 12.5. The summed E-state index contributed by atoms with van der Waals surface area (Å²) in [7, 11) is -1.99. The third kappa shape index (κ3) is 2.24. The minimum atomic E-state index is -3.54. The molecule has 0 saturated heterocycles. The summed E-state index contributed by atoms with van der Waals surface area (Å²) >= 11 is 5.84. The maximum atomic E-state index is 12.5. The van der Waals surface area contributed by atoms with E-state index in [-0.39, 0.29) is 6.54 Å².